The highest BCUT2D eigenvalue weighted by Gasteiger charge is 1.90. The van der Waals surface area contributed by atoms with Crippen LogP contribution in [0.2, 0.25) is 0 Å². The Morgan fingerprint density at radius 3 is 2.64 bits per heavy atom. The van der Waals surface area contributed by atoms with Gasteiger partial charge >= 0.3 is 0 Å². The second-order valence-electron chi connectivity index (χ2n) is 3.20. The Balaban J connectivity index is 1.99. The molecule has 78 valence electrons. The van der Waals surface area contributed by atoms with Gasteiger partial charge in [-0.2, -0.15) is 11.8 Å². The van der Waals surface area contributed by atoms with Gasteiger partial charge in [0.25, 0.3) is 0 Å². The van der Waals surface area contributed by atoms with E-state index in [0.717, 1.165) is 6.54 Å². The van der Waals surface area contributed by atoms with Crippen molar-refractivity contribution < 1.29 is 0 Å². The van der Waals surface area contributed by atoms with E-state index in [1.54, 1.807) is 0 Å². The number of unbranched alkanes of at least 4 members (excludes halogenated alkanes) is 1. The van der Waals surface area contributed by atoms with Crippen LogP contribution in [0, 0.1) is 0 Å². The monoisotopic (exact) mass is 209 g/mol. The van der Waals surface area contributed by atoms with Gasteiger partial charge in [0.1, 0.15) is 0 Å². The Labute approximate surface area is 91.3 Å². The molecule has 0 radical (unpaired) electrons. The molecule has 0 fully saturated rings. The van der Waals surface area contributed by atoms with Crippen LogP contribution in [-0.4, -0.2) is 18.1 Å². The number of para-hydroxylation sites is 1. The number of benzene rings is 1. The molecule has 0 aliphatic carbocycles. The zero-order chi connectivity index (χ0) is 10.1. The molecule has 1 aromatic rings. The fraction of sp³-hybridized carbons (Fsp3) is 0.500. The number of hydrogen-bond acceptors (Lipinski definition) is 2. The van der Waals surface area contributed by atoms with Crippen LogP contribution in [-0.2, 0) is 0 Å². The van der Waals surface area contributed by atoms with Gasteiger partial charge in [0, 0.05) is 12.2 Å². The Bertz CT molecular complexity index is 223. The first-order valence-corrected chi connectivity index (χ1v) is 6.45. The SMILES string of the molecule is CCSCCCCNc1ccccc1. The molecule has 0 amide bonds. The van der Waals surface area contributed by atoms with Gasteiger partial charge in [0.2, 0.25) is 0 Å². The molecule has 0 aromatic heterocycles. The minimum atomic E-state index is 1.09. The summed E-state index contributed by atoms with van der Waals surface area (Å²) in [5.41, 5.74) is 1.23. The maximum Gasteiger partial charge on any atom is 0.0340 e. The van der Waals surface area contributed by atoms with E-state index in [1.165, 1.54) is 30.0 Å². The van der Waals surface area contributed by atoms with E-state index in [9.17, 15) is 0 Å². The van der Waals surface area contributed by atoms with E-state index in [-0.39, 0.29) is 0 Å². The molecule has 0 spiro atoms. The molecule has 1 aromatic carbocycles. The number of nitrogens with one attached hydrogen (secondary N) is 1. The fourth-order valence-electron chi connectivity index (χ4n) is 1.26. The molecule has 0 atom stereocenters. The number of anilines is 1. The minimum absolute atomic E-state index is 1.09. The summed E-state index contributed by atoms with van der Waals surface area (Å²) in [6.07, 6.45) is 2.58. The van der Waals surface area contributed by atoms with E-state index < -0.39 is 0 Å². The van der Waals surface area contributed by atoms with Crippen LogP contribution in [0.4, 0.5) is 5.69 Å². The molecule has 14 heavy (non-hydrogen) atoms. The maximum absolute atomic E-state index is 3.41. The van der Waals surface area contributed by atoms with Crippen molar-refractivity contribution in [3.8, 4) is 0 Å². The zero-order valence-electron chi connectivity index (χ0n) is 8.83. The van der Waals surface area contributed by atoms with Gasteiger partial charge in [0.15, 0.2) is 0 Å². The first-order valence-electron chi connectivity index (χ1n) is 5.30. The molecule has 1 N–H and O–H groups in total. The van der Waals surface area contributed by atoms with E-state index in [1.807, 2.05) is 17.8 Å². The van der Waals surface area contributed by atoms with Crippen LogP contribution in [0.3, 0.4) is 0 Å². The summed E-state index contributed by atoms with van der Waals surface area (Å²) in [6, 6.07) is 10.4. The fourth-order valence-corrected chi connectivity index (χ4v) is 1.96. The lowest BCUT2D eigenvalue weighted by Gasteiger charge is -2.05. The summed E-state index contributed by atoms with van der Waals surface area (Å²) < 4.78 is 0. The third-order valence-electron chi connectivity index (χ3n) is 2.02. The van der Waals surface area contributed by atoms with Crippen molar-refractivity contribution in [2.45, 2.75) is 19.8 Å². The number of thioether (sulfide) groups is 1. The topological polar surface area (TPSA) is 12.0 Å². The smallest absolute Gasteiger partial charge is 0.0340 e. The van der Waals surface area contributed by atoms with Crippen LogP contribution >= 0.6 is 11.8 Å². The van der Waals surface area contributed by atoms with Gasteiger partial charge in [-0.15, -0.1) is 0 Å². The average molecular weight is 209 g/mol. The van der Waals surface area contributed by atoms with Crippen LogP contribution in [0.25, 0.3) is 0 Å². The lowest BCUT2D eigenvalue weighted by Crippen LogP contribution is -2.01. The van der Waals surface area contributed by atoms with E-state index in [4.69, 9.17) is 0 Å². The zero-order valence-corrected chi connectivity index (χ0v) is 9.65. The van der Waals surface area contributed by atoms with Crippen LogP contribution in [0.5, 0.6) is 0 Å². The molecular weight excluding hydrogens is 190 g/mol. The van der Waals surface area contributed by atoms with Gasteiger partial charge in [-0.05, 0) is 36.5 Å². The van der Waals surface area contributed by atoms with Crippen molar-refractivity contribution in [1.82, 2.24) is 0 Å². The molecule has 0 saturated heterocycles. The summed E-state index contributed by atoms with van der Waals surface area (Å²) in [7, 11) is 0. The largest absolute Gasteiger partial charge is 0.385 e. The first kappa shape index (κ1) is 11.4. The van der Waals surface area contributed by atoms with Crippen molar-refractivity contribution in [2.75, 3.05) is 23.4 Å². The Hall–Kier alpha value is -0.630. The second-order valence-corrected chi connectivity index (χ2v) is 4.59. The first-order chi connectivity index (χ1) is 6.93. The van der Waals surface area contributed by atoms with E-state index in [2.05, 4.69) is 36.5 Å². The molecule has 0 saturated carbocycles. The molecule has 2 heteroatoms. The molecular formula is C12H19NS. The van der Waals surface area contributed by atoms with Gasteiger partial charge in [-0.25, -0.2) is 0 Å². The van der Waals surface area contributed by atoms with E-state index >= 15 is 0 Å². The molecule has 0 aliphatic rings. The summed E-state index contributed by atoms with van der Waals surface area (Å²) in [6.45, 7) is 3.31. The molecule has 1 rings (SSSR count). The predicted octanol–water partition coefficient (Wildman–Crippen LogP) is 3.63. The predicted molar refractivity (Wildman–Crippen MR) is 67.2 cm³/mol. The highest BCUT2D eigenvalue weighted by atomic mass is 32.2. The lowest BCUT2D eigenvalue weighted by atomic mass is 10.3. The molecule has 1 nitrogen and oxygen atoms in total. The highest BCUT2D eigenvalue weighted by molar-refractivity contribution is 7.99. The molecule has 0 unspecified atom stereocenters. The van der Waals surface area contributed by atoms with Crippen LogP contribution in [0.15, 0.2) is 30.3 Å². The van der Waals surface area contributed by atoms with Crippen molar-refractivity contribution >= 4 is 17.4 Å². The average Bonchev–Trinajstić information content (AvgIpc) is 2.25. The minimum Gasteiger partial charge on any atom is -0.385 e. The standard InChI is InChI=1S/C12H19NS/c1-2-14-11-7-6-10-13-12-8-4-3-5-9-12/h3-5,8-9,13H,2,6-7,10-11H2,1H3. The normalized spacial score (nSPS) is 10.1. The second kappa shape index (κ2) is 7.74. The summed E-state index contributed by atoms with van der Waals surface area (Å²) in [4.78, 5) is 0. The van der Waals surface area contributed by atoms with Crippen LogP contribution < -0.4 is 5.32 Å². The highest BCUT2D eigenvalue weighted by Crippen LogP contribution is 2.06. The maximum atomic E-state index is 3.41. The van der Waals surface area contributed by atoms with E-state index in [0.29, 0.717) is 0 Å². The summed E-state index contributed by atoms with van der Waals surface area (Å²) in [5, 5.41) is 3.41. The third-order valence-corrected chi connectivity index (χ3v) is 3.01. The number of hydrogen-bond donors (Lipinski definition) is 1. The Morgan fingerprint density at radius 2 is 1.93 bits per heavy atom. The lowest BCUT2D eigenvalue weighted by molar-refractivity contribution is 0.843. The van der Waals surface area contributed by atoms with Gasteiger partial charge in [-0.1, -0.05) is 25.1 Å². The van der Waals surface area contributed by atoms with Crippen molar-refractivity contribution in [3.63, 3.8) is 0 Å². The van der Waals surface area contributed by atoms with Gasteiger partial charge in [0.05, 0.1) is 0 Å². The Kier molecular flexibility index (Phi) is 6.33. The van der Waals surface area contributed by atoms with Crippen molar-refractivity contribution in [1.29, 1.82) is 0 Å². The van der Waals surface area contributed by atoms with Gasteiger partial charge in [-0.3, -0.25) is 0 Å². The summed E-state index contributed by atoms with van der Waals surface area (Å²) in [5.74, 6) is 2.54. The van der Waals surface area contributed by atoms with Crippen molar-refractivity contribution in [2.24, 2.45) is 0 Å². The third kappa shape index (κ3) is 5.18. The summed E-state index contributed by atoms with van der Waals surface area (Å²) >= 11 is 2.03. The molecule has 0 heterocycles. The number of rotatable bonds is 7. The van der Waals surface area contributed by atoms with Crippen molar-refractivity contribution in [3.05, 3.63) is 30.3 Å². The quantitative estimate of drug-likeness (QED) is 0.688. The Morgan fingerprint density at radius 1 is 1.14 bits per heavy atom. The molecule has 0 aliphatic heterocycles. The van der Waals surface area contributed by atoms with Gasteiger partial charge < -0.3 is 5.32 Å². The van der Waals surface area contributed by atoms with Crippen LogP contribution in [0.1, 0.15) is 19.8 Å². The molecule has 0 bridgehead atoms.